The summed E-state index contributed by atoms with van der Waals surface area (Å²) in [5.41, 5.74) is 4.57. The number of nitrogens with one attached hydrogen (secondary N) is 2. The lowest BCUT2D eigenvalue weighted by atomic mass is 10.00. The molecule has 0 radical (unpaired) electrons. The van der Waals surface area contributed by atoms with Gasteiger partial charge in [-0.2, -0.15) is 5.10 Å². The molecule has 2 heterocycles. The standard InChI is InChI=1S/C15H17N3OS/c1-8-6-4-5-7-11(8)13-12-9(2)17-18-14(12)16-15(19)10(3)20-13/h4-7,10,13H,1-3H3,(H2,16,17,18,19)/t10-,13-/m1/s1. The lowest BCUT2D eigenvalue weighted by Crippen LogP contribution is -2.21. The van der Waals surface area contributed by atoms with Crippen LogP contribution in [0, 0.1) is 13.8 Å². The average molecular weight is 287 g/mol. The molecule has 0 unspecified atom stereocenters. The molecule has 5 heteroatoms. The van der Waals surface area contributed by atoms with Crippen molar-refractivity contribution in [3.05, 3.63) is 46.6 Å². The fraction of sp³-hybridized carbons (Fsp3) is 0.333. The van der Waals surface area contributed by atoms with E-state index in [0.29, 0.717) is 5.82 Å². The highest BCUT2D eigenvalue weighted by Crippen LogP contribution is 2.45. The number of carbonyl (C=O) groups is 1. The summed E-state index contributed by atoms with van der Waals surface area (Å²) in [5, 5.41) is 10.2. The third kappa shape index (κ3) is 2.12. The Labute approximate surface area is 122 Å². The summed E-state index contributed by atoms with van der Waals surface area (Å²) in [4.78, 5) is 12.1. The SMILES string of the molecule is Cc1ccccc1[C@H]1S[C@H](C)C(=O)Nc2n[nH]c(C)c21. The van der Waals surface area contributed by atoms with Crippen LogP contribution in [0.1, 0.15) is 34.6 Å². The summed E-state index contributed by atoms with van der Waals surface area (Å²) in [7, 11) is 0. The maximum absolute atomic E-state index is 12.1. The maximum atomic E-state index is 12.1. The second kappa shape index (κ2) is 4.98. The molecule has 20 heavy (non-hydrogen) atoms. The van der Waals surface area contributed by atoms with E-state index in [1.165, 1.54) is 11.1 Å². The third-order valence-corrected chi connectivity index (χ3v) is 5.06. The van der Waals surface area contributed by atoms with Crippen LogP contribution >= 0.6 is 11.8 Å². The predicted octanol–water partition coefficient (Wildman–Crippen LogP) is 3.19. The molecule has 4 nitrogen and oxygen atoms in total. The second-order valence-corrected chi connectivity index (χ2v) is 6.57. The Bertz CT molecular complexity index is 665. The number of amides is 1. The third-order valence-electron chi connectivity index (χ3n) is 3.68. The van der Waals surface area contributed by atoms with Crippen molar-refractivity contribution in [3.63, 3.8) is 0 Å². The summed E-state index contributed by atoms with van der Waals surface area (Å²) >= 11 is 1.67. The van der Waals surface area contributed by atoms with Gasteiger partial charge in [-0.1, -0.05) is 24.3 Å². The number of benzene rings is 1. The maximum Gasteiger partial charge on any atom is 0.238 e. The first-order valence-corrected chi connectivity index (χ1v) is 7.59. The quantitative estimate of drug-likeness (QED) is 0.847. The molecule has 1 aliphatic rings. The van der Waals surface area contributed by atoms with Crippen LogP contribution < -0.4 is 5.32 Å². The number of H-pyrrole nitrogens is 1. The fourth-order valence-electron chi connectivity index (χ4n) is 2.52. The predicted molar refractivity (Wildman–Crippen MR) is 82.0 cm³/mol. The van der Waals surface area contributed by atoms with Gasteiger partial charge in [-0.25, -0.2) is 0 Å². The van der Waals surface area contributed by atoms with Crippen molar-refractivity contribution in [1.29, 1.82) is 0 Å². The Kier molecular flexibility index (Phi) is 3.30. The van der Waals surface area contributed by atoms with Gasteiger partial charge in [0.25, 0.3) is 0 Å². The molecule has 0 fully saturated rings. The van der Waals surface area contributed by atoms with E-state index < -0.39 is 0 Å². The van der Waals surface area contributed by atoms with Crippen LogP contribution in [-0.2, 0) is 4.79 Å². The van der Waals surface area contributed by atoms with E-state index in [1.54, 1.807) is 11.8 Å². The van der Waals surface area contributed by atoms with Gasteiger partial charge in [0.15, 0.2) is 5.82 Å². The lowest BCUT2D eigenvalue weighted by molar-refractivity contribution is -0.115. The number of hydrogen-bond donors (Lipinski definition) is 2. The molecule has 1 aromatic carbocycles. The van der Waals surface area contributed by atoms with Crippen molar-refractivity contribution in [2.24, 2.45) is 0 Å². The Hall–Kier alpha value is -1.75. The molecule has 1 amide bonds. The van der Waals surface area contributed by atoms with Crippen molar-refractivity contribution in [3.8, 4) is 0 Å². The average Bonchev–Trinajstić information content (AvgIpc) is 2.71. The van der Waals surface area contributed by atoms with E-state index in [9.17, 15) is 4.79 Å². The van der Waals surface area contributed by atoms with Crippen molar-refractivity contribution in [1.82, 2.24) is 10.2 Å². The number of aromatic amines is 1. The molecule has 3 rings (SSSR count). The molecular weight excluding hydrogens is 270 g/mol. The van der Waals surface area contributed by atoms with Crippen LogP contribution in [0.15, 0.2) is 24.3 Å². The lowest BCUT2D eigenvalue weighted by Gasteiger charge is -2.19. The molecule has 0 saturated heterocycles. The summed E-state index contributed by atoms with van der Waals surface area (Å²) < 4.78 is 0. The van der Waals surface area contributed by atoms with Gasteiger partial charge in [0, 0.05) is 11.3 Å². The second-order valence-electron chi connectivity index (χ2n) is 5.12. The molecule has 2 atom stereocenters. The van der Waals surface area contributed by atoms with Gasteiger partial charge in [0.1, 0.15) is 0 Å². The monoisotopic (exact) mass is 287 g/mol. The zero-order valence-corrected chi connectivity index (χ0v) is 12.5. The minimum absolute atomic E-state index is 0.0128. The number of fused-ring (bicyclic) bond motifs is 1. The van der Waals surface area contributed by atoms with E-state index in [2.05, 4.69) is 34.6 Å². The first-order valence-electron chi connectivity index (χ1n) is 6.64. The van der Waals surface area contributed by atoms with E-state index in [0.717, 1.165) is 11.3 Å². The molecule has 0 spiro atoms. The highest BCUT2D eigenvalue weighted by Gasteiger charge is 2.32. The van der Waals surface area contributed by atoms with E-state index >= 15 is 0 Å². The minimum Gasteiger partial charge on any atom is -0.308 e. The molecule has 0 bridgehead atoms. The molecule has 104 valence electrons. The minimum atomic E-state index is -0.104. The van der Waals surface area contributed by atoms with Gasteiger partial charge in [0.2, 0.25) is 5.91 Å². The Morgan fingerprint density at radius 3 is 2.75 bits per heavy atom. The van der Waals surface area contributed by atoms with Crippen LogP contribution in [0.4, 0.5) is 5.82 Å². The van der Waals surface area contributed by atoms with Crippen molar-refractivity contribution >= 4 is 23.5 Å². The summed E-state index contributed by atoms with van der Waals surface area (Å²) in [5.74, 6) is 0.677. The zero-order chi connectivity index (χ0) is 14.3. The molecule has 0 saturated carbocycles. The van der Waals surface area contributed by atoms with E-state index in [1.807, 2.05) is 26.0 Å². The van der Waals surface area contributed by atoms with Crippen LogP contribution in [0.3, 0.4) is 0 Å². The topological polar surface area (TPSA) is 57.8 Å². The number of hydrogen-bond acceptors (Lipinski definition) is 3. The van der Waals surface area contributed by atoms with Crippen LogP contribution in [0.5, 0.6) is 0 Å². The van der Waals surface area contributed by atoms with Crippen LogP contribution in [-0.4, -0.2) is 21.4 Å². The van der Waals surface area contributed by atoms with Gasteiger partial charge in [0.05, 0.1) is 10.5 Å². The molecular formula is C15H17N3OS. The number of anilines is 1. The van der Waals surface area contributed by atoms with E-state index in [4.69, 9.17) is 0 Å². The summed E-state index contributed by atoms with van der Waals surface area (Å²) in [6, 6.07) is 8.32. The van der Waals surface area contributed by atoms with Gasteiger partial charge < -0.3 is 5.32 Å². The first-order chi connectivity index (χ1) is 9.58. The largest absolute Gasteiger partial charge is 0.308 e. The summed E-state index contributed by atoms with van der Waals surface area (Å²) in [6.07, 6.45) is 0. The van der Waals surface area contributed by atoms with Crippen molar-refractivity contribution in [2.75, 3.05) is 5.32 Å². The van der Waals surface area contributed by atoms with Gasteiger partial charge in [-0.05, 0) is 31.9 Å². The van der Waals surface area contributed by atoms with Gasteiger partial charge >= 0.3 is 0 Å². The molecule has 0 aliphatic carbocycles. The Balaban J connectivity index is 2.16. The first kappa shape index (κ1) is 13.2. The molecule has 1 aliphatic heterocycles. The van der Waals surface area contributed by atoms with Gasteiger partial charge in [-0.15, -0.1) is 11.8 Å². The molecule has 2 N–H and O–H groups in total. The number of aryl methyl sites for hydroxylation is 2. The smallest absolute Gasteiger partial charge is 0.238 e. The van der Waals surface area contributed by atoms with Crippen LogP contribution in [0.25, 0.3) is 0 Å². The van der Waals surface area contributed by atoms with Gasteiger partial charge in [-0.3, -0.25) is 9.89 Å². The normalized spacial score (nSPS) is 22.1. The Morgan fingerprint density at radius 1 is 1.25 bits per heavy atom. The summed E-state index contributed by atoms with van der Waals surface area (Å²) in [6.45, 7) is 6.05. The van der Waals surface area contributed by atoms with Crippen molar-refractivity contribution in [2.45, 2.75) is 31.3 Å². The fourth-order valence-corrected chi connectivity index (χ4v) is 3.94. The molecule has 2 aromatic rings. The number of thioether (sulfide) groups is 1. The van der Waals surface area contributed by atoms with Crippen molar-refractivity contribution < 1.29 is 4.79 Å². The number of carbonyl (C=O) groups excluding carboxylic acids is 1. The Morgan fingerprint density at radius 2 is 2.00 bits per heavy atom. The van der Waals surface area contributed by atoms with Crippen LogP contribution in [0.2, 0.25) is 0 Å². The highest BCUT2D eigenvalue weighted by atomic mass is 32.2. The number of aromatic nitrogens is 2. The molecule has 1 aromatic heterocycles. The van der Waals surface area contributed by atoms with E-state index in [-0.39, 0.29) is 16.4 Å². The highest BCUT2D eigenvalue weighted by molar-refractivity contribution is 8.01. The number of rotatable bonds is 1. The zero-order valence-electron chi connectivity index (χ0n) is 11.7. The number of nitrogens with zero attached hydrogens (tertiary/aromatic N) is 1.